The average molecular weight is 520 g/mol. The van der Waals surface area contributed by atoms with Crippen LogP contribution in [0.3, 0.4) is 0 Å². The van der Waals surface area contributed by atoms with Gasteiger partial charge in [0.2, 0.25) is 15.9 Å². The predicted octanol–water partition coefficient (Wildman–Crippen LogP) is 5.13. The second kappa shape index (κ2) is 11.1. The maximum Gasteiger partial charge on any atom is 0.247 e. The molecule has 0 spiro atoms. The summed E-state index contributed by atoms with van der Waals surface area (Å²) in [7, 11) is -4.13. The smallest absolute Gasteiger partial charge is 0.247 e. The molecule has 0 bridgehead atoms. The molecule has 6 nitrogen and oxygen atoms in total. The molecule has 0 radical (unpaired) electrons. The number of rotatable bonds is 6. The first-order chi connectivity index (χ1) is 17.7. The van der Waals surface area contributed by atoms with E-state index in [1.165, 1.54) is 18.2 Å². The highest BCUT2D eigenvalue weighted by Gasteiger charge is 2.51. The first kappa shape index (κ1) is 26.2. The number of amides is 1. The molecule has 0 heterocycles. The maximum atomic E-state index is 13.7. The molecule has 1 saturated carbocycles. The lowest BCUT2D eigenvalue weighted by Crippen LogP contribution is -2.56. The summed E-state index contributed by atoms with van der Waals surface area (Å²) in [6.45, 7) is 1.75. The minimum absolute atomic E-state index is 0.209. The van der Waals surface area contributed by atoms with Crippen LogP contribution in [0.5, 0.6) is 0 Å². The third-order valence-corrected chi connectivity index (χ3v) is 8.85. The summed E-state index contributed by atoms with van der Waals surface area (Å²) in [5, 5.41) is 2.85. The van der Waals surface area contributed by atoms with E-state index in [1.807, 2.05) is 30.3 Å². The van der Waals surface area contributed by atoms with Crippen LogP contribution in [0.25, 0.3) is 0 Å². The van der Waals surface area contributed by atoms with Crippen molar-refractivity contribution in [3.63, 3.8) is 0 Å². The van der Waals surface area contributed by atoms with Gasteiger partial charge in [-0.15, -0.1) is 0 Å². The van der Waals surface area contributed by atoms with Crippen LogP contribution in [0.2, 0.25) is 0 Å². The average Bonchev–Trinajstić information content (AvgIpc) is 2.89. The Balaban J connectivity index is 1.55. The zero-order valence-corrected chi connectivity index (χ0v) is 21.4. The second-order valence-electron chi connectivity index (χ2n) is 9.33. The fourth-order valence-corrected chi connectivity index (χ4v) is 6.32. The molecule has 1 fully saturated rings. The Bertz CT molecular complexity index is 1420. The number of hydrogen-bond acceptors (Lipinski definition) is 4. The molecule has 37 heavy (non-hydrogen) atoms. The monoisotopic (exact) mass is 519 g/mol. The lowest BCUT2D eigenvalue weighted by Gasteiger charge is -2.36. The number of hydrogen-bond donors (Lipinski definition) is 3. The van der Waals surface area contributed by atoms with Crippen LogP contribution in [-0.4, -0.2) is 19.1 Å². The fourth-order valence-electron chi connectivity index (χ4n) is 4.56. The molecule has 0 saturated heterocycles. The van der Waals surface area contributed by atoms with Crippen molar-refractivity contribution < 1.29 is 17.6 Å². The van der Waals surface area contributed by atoms with Gasteiger partial charge in [-0.3, -0.25) is 9.52 Å². The van der Waals surface area contributed by atoms with E-state index in [1.54, 1.807) is 31.2 Å². The van der Waals surface area contributed by atoms with Crippen molar-refractivity contribution in [3.05, 3.63) is 95.3 Å². The third kappa shape index (κ3) is 5.95. The van der Waals surface area contributed by atoms with Gasteiger partial charge in [0, 0.05) is 16.8 Å². The standard InChI is InChI=1S/C29H30FN3O3S/c1-21(23-12-15-25(30)16-13-23)32-28(34)29(18-6-3-7-19-29)37(35,36)33-26-17-14-24(27(31)20-26)11-10-22-8-4-2-5-9-22/h2,4-5,8-9,12-17,20-21,33H,3,6-7,18-19,31H2,1H3,(H,32,34)/t21-/m1/s1. The highest BCUT2D eigenvalue weighted by molar-refractivity contribution is 7.94. The number of halogens is 1. The molecule has 3 aromatic carbocycles. The fraction of sp³-hybridized carbons (Fsp3) is 0.276. The highest BCUT2D eigenvalue weighted by Crippen LogP contribution is 2.37. The van der Waals surface area contributed by atoms with Crippen LogP contribution in [0, 0.1) is 17.7 Å². The predicted molar refractivity (Wildman–Crippen MR) is 145 cm³/mol. The Labute approximate surface area is 217 Å². The van der Waals surface area contributed by atoms with Gasteiger partial charge < -0.3 is 11.1 Å². The summed E-state index contributed by atoms with van der Waals surface area (Å²) in [4.78, 5) is 13.5. The Morgan fingerprint density at radius 2 is 1.65 bits per heavy atom. The summed E-state index contributed by atoms with van der Waals surface area (Å²) in [6.07, 6.45) is 2.52. The van der Waals surface area contributed by atoms with Crippen molar-refractivity contribution in [2.75, 3.05) is 10.5 Å². The first-order valence-corrected chi connectivity index (χ1v) is 13.7. The van der Waals surface area contributed by atoms with E-state index >= 15 is 0 Å². The van der Waals surface area contributed by atoms with Gasteiger partial charge in [0.15, 0.2) is 4.75 Å². The number of nitrogen functional groups attached to an aromatic ring is 1. The van der Waals surface area contributed by atoms with Gasteiger partial charge in [0.25, 0.3) is 0 Å². The topological polar surface area (TPSA) is 101 Å². The zero-order valence-electron chi connectivity index (χ0n) is 20.6. The molecule has 1 atom stereocenters. The van der Waals surface area contributed by atoms with Crippen molar-refractivity contribution in [1.29, 1.82) is 0 Å². The molecule has 3 aromatic rings. The molecule has 1 amide bonds. The molecule has 8 heteroatoms. The quantitative estimate of drug-likeness (QED) is 0.310. The maximum absolute atomic E-state index is 13.7. The van der Waals surface area contributed by atoms with E-state index in [0.717, 1.165) is 12.0 Å². The van der Waals surface area contributed by atoms with Crippen molar-refractivity contribution in [2.45, 2.75) is 49.8 Å². The van der Waals surface area contributed by atoms with Crippen molar-refractivity contribution >= 4 is 27.3 Å². The van der Waals surface area contributed by atoms with Gasteiger partial charge in [-0.1, -0.05) is 61.4 Å². The molecule has 0 aliphatic heterocycles. The second-order valence-corrected chi connectivity index (χ2v) is 11.3. The number of carbonyl (C=O) groups is 1. The van der Waals surface area contributed by atoms with Gasteiger partial charge in [-0.2, -0.15) is 0 Å². The van der Waals surface area contributed by atoms with Crippen LogP contribution < -0.4 is 15.8 Å². The first-order valence-electron chi connectivity index (χ1n) is 12.3. The lowest BCUT2D eigenvalue weighted by molar-refractivity contribution is -0.125. The Hall–Kier alpha value is -3.83. The van der Waals surface area contributed by atoms with Crippen LogP contribution >= 0.6 is 0 Å². The SMILES string of the molecule is C[C@@H](NC(=O)C1(S(=O)(=O)Nc2ccc(C#Cc3ccccc3)c(N)c2)CCCCC1)c1ccc(F)cc1. The molecule has 0 unspecified atom stereocenters. The molecule has 192 valence electrons. The van der Waals surface area contributed by atoms with Crippen LogP contribution in [-0.2, 0) is 14.8 Å². The minimum atomic E-state index is -4.13. The number of sulfonamides is 1. The van der Waals surface area contributed by atoms with E-state index in [0.29, 0.717) is 29.7 Å². The zero-order chi connectivity index (χ0) is 26.5. The van der Waals surface area contributed by atoms with Gasteiger partial charge >= 0.3 is 0 Å². The number of anilines is 2. The summed E-state index contributed by atoms with van der Waals surface area (Å²) < 4.78 is 41.7. The lowest BCUT2D eigenvalue weighted by atomic mass is 9.87. The minimum Gasteiger partial charge on any atom is -0.398 e. The van der Waals surface area contributed by atoms with Crippen LogP contribution in [0.15, 0.2) is 72.8 Å². The normalized spacial score (nSPS) is 15.6. The van der Waals surface area contributed by atoms with E-state index in [9.17, 15) is 17.6 Å². The van der Waals surface area contributed by atoms with E-state index in [2.05, 4.69) is 21.9 Å². The Morgan fingerprint density at radius 1 is 0.973 bits per heavy atom. The van der Waals surface area contributed by atoms with Crippen molar-refractivity contribution in [2.24, 2.45) is 0 Å². The van der Waals surface area contributed by atoms with Crippen LogP contribution in [0.1, 0.15) is 61.8 Å². The molecule has 0 aromatic heterocycles. The van der Waals surface area contributed by atoms with Crippen molar-refractivity contribution in [1.82, 2.24) is 5.32 Å². The van der Waals surface area contributed by atoms with Gasteiger partial charge in [0.05, 0.1) is 11.7 Å². The summed E-state index contributed by atoms with van der Waals surface area (Å²) in [6, 6.07) is 19.5. The highest BCUT2D eigenvalue weighted by atomic mass is 32.2. The number of nitrogens with two attached hydrogens (primary N) is 1. The molecular formula is C29H30FN3O3S. The van der Waals surface area contributed by atoms with E-state index in [4.69, 9.17) is 5.73 Å². The molecule has 4 N–H and O–H groups in total. The van der Waals surface area contributed by atoms with Gasteiger partial charge in [-0.25, -0.2) is 12.8 Å². The molecular weight excluding hydrogens is 489 g/mol. The third-order valence-electron chi connectivity index (χ3n) is 6.73. The van der Waals surface area contributed by atoms with Gasteiger partial charge in [0.1, 0.15) is 5.82 Å². The number of carbonyl (C=O) groups excluding carboxylic acids is 1. The van der Waals surface area contributed by atoms with E-state index in [-0.39, 0.29) is 24.3 Å². The summed E-state index contributed by atoms with van der Waals surface area (Å²) >= 11 is 0. The summed E-state index contributed by atoms with van der Waals surface area (Å²) in [5.74, 6) is 5.10. The van der Waals surface area contributed by atoms with Crippen molar-refractivity contribution in [3.8, 4) is 11.8 Å². The number of benzene rings is 3. The Morgan fingerprint density at radius 3 is 2.30 bits per heavy atom. The van der Waals surface area contributed by atoms with E-state index < -0.39 is 26.7 Å². The molecule has 1 aliphatic rings. The summed E-state index contributed by atoms with van der Waals surface area (Å²) in [5.41, 5.74) is 8.87. The molecule has 4 rings (SSSR count). The van der Waals surface area contributed by atoms with Crippen LogP contribution in [0.4, 0.5) is 15.8 Å². The largest absolute Gasteiger partial charge is 0.398 e. The van der Waals surface area contributed by atoms with Gasteiger partial charge in [-0.05, 0) is 67.8 Å². The molecule has 1 aliphatic carbocycles. The Kier molecular flexibility index (Phi) is 7.84. The number of nitrogens with one attached hydrogen (secondary N) is 2.